The van der Waals surface area contributed by atoms with E-state index in [2.05, 4.69) is 23.5 Å². The minimum absolute atomic E-state index is 0.0989. The number of para-hydroxylation sites is 1. The lowest BCUT2D eigenvalue weighted by molar-refractivity contribution is 0.0940. The molecule has 1 N–H and O–H groups in total. The second-order valence-corrected chi connectivity index (χ2v) is 11.8. The van der Waals surface area contributed by atoms with Crippen molar-refractivity contribution in [3.05, 3.63) is 130 Å². The van der Waals surface area contributed by atoms with Crippen molar-refractivity contribution in [1.82, 2.24) is 5.32 Å². The highest BCUT2D eigenvalue weighted by atomic mass is 32.2. The fourth-order valence-electron chi connectivity index (χ4n) is 4.99. The van der Waals surface area contributed by atoms with Crippen LogP contribution in [0.25, 0.3) is 0 Å². The van der Waals surface area contributed by atoms with Crippen LogP contribution in [-0.4, -0.2) is 14.3 Å². The van der Waals surface area contributed by atoms with Gasteiger partial charge in [0.25, 0.3) is 15.9 Å². The number of benzene rings is 4. The van der Waals surface area contributed by atoms with Crippen LogP contribution in [0.3, 0.4) is 0 Å². The average Bonchev–Trinajstić information content (AvgIpc) is 3.40. The average molecular weight is 525 g/mol. The summed E-state index contributed by atoms with van der Waals surface area (Å²) in [5, 5.41) is 3.10. The van der Waals surface area contributed by atoms with Crippen molar-refractivity contribution in [3.8, 4) is 0 Å². The number of anilines is 1. The minimum atomic E-state index is -3.96. The summed E-state index contributed by atoms with van der Waals surface area (Å²) in [5.74, 6) is -0.314. The Kier molecular flexibility index (Phi) is 7.34. The van der Waals surface area contributed by atoms with Crippen molar-refractivity contribution in [2.75, 3.05) is 4.31 Å². The van der Waals surface area contributed by atoms with Crippen LogP contribution < -0.4 is 9.62 Å². The van der Waals surface area contributed by atoms with Crippen LogP contribution in [0.2, 0.25) is 0 Å². The number of hydrogen-bond acceptors (Lipinski definition) is 3. The molecule has 38 heavy (non-hydrogen) atoms. The van der Waals surface area contributed by atoms with Gasteiger partial charge in [0, 0.05) is 0 Å². The van der Waals surface area contributed by atoms with Crippen molar-refractivity contribution >= 4 is 21.6 Å². The van der Waals surface area contributed by atoms with Crippen molar-refractivity contribution in [2.24, 2.45) is 0 Å². The maximum Gasteiger partial charge on any atom is 0.264 e. The first kappa shape index (κ1) is 25.7. The van der Waals surface area contributed by atoms with E-state index >= 15 is 0 Å². The Hall–Kier alpha value is -3.90. The van der Waals surface area contributed by atoms with Crippen LogP contribution in [-0.2, 0) is 29.4 Å². The predicted octanol–water partition coefficient (Wildman–Crippen LogP) is 6.37. The Morgan fingerprint density at radius 3 is 2.32 bits per heavy atom. The molecule has 1 atom stereocenters. The molecule has 0 aliphatic heterocycles. The number of amides is 1. The zero-order valence-electron chi connectivity index (χ0n) is 21.7. The molecule has 6 heteroatoms. The summed E-state index contributed by atoms with van der Waals surface area (Å²) in [6.45, 7) is 3.98. The second kappa shape index (κ2) is 10.8. The first-order valence-corrected chi connectivity index (χ1v) is 14.4. The van der Waals surface area contributed by atoms with Crippen LogP contribution in [0, 0.1) is 6.92 Å². The number of rotatable bonds is 8. The molecular formula is C32H32N2O3S. The highest BCUT2D eigenvalue weighted by Gasteiger charge is 2.29. The largest absolute Gasteiger partial charge is 0.345 e. The zero-order chi connectivity index (χ0) is 26.7. The first-order chi connectivity index (χ1) is 18.3. The molecule has 194 valence electrons. The molecule has 5 rings (SSSR count). The molecule has 0 spiro atoms. The monoisotopic (exact) mass is 524 g/mol. The third kappa shape index (κ3) is 5.36. The van der Waals surface area contributed by atoms with Crippen molar-refractivity contribution in [2.45, 2.75) is 50.6 Å². The predicted molar refractivity (Wildman–Crippen MR) is 152 cm³/mol. The van der Waals surface area contributed by atoms with Crippen LogP contribution >= 0.6 is 0 Å². The molecule has 4 aromatic carbocycles. The number of carbonyl (C=O) groups excluding carboxylic acids is 1. The maximum absolute atomic E-state index is 14.0. The smallest absolute Gasteiger partial charge is 0.264 e. The molecule has 4 aromatic rings. The lowest BCUT2D eigenvalue weighted by Gasteiger charge is -2.27. The van der Waals surface area contributed by atoms with Gasteiger partial charge >= 0.3 is 0 Å². The van der Waals surface area contributed by atoms with Gasteiger partial charge in [0.05, 0.1) is 28.7 Å². The van der Waals surface area contributed by atoms with E-state index in [1.54, 1.807) is 48.5 Å². The van der Waals surface area contributed by atoms with Gasteiger partial charge in [0.2, 0.25) is 0 Å². The Morgan fingerprint density at radius 1 is 0.868 bits per heavy atom. The van der Waals surface area contributed by atoms with Crippen molar-refractivity contribution in [1.29, 1.82) is 0 Å². The van der Waals surface area contributed by atoms with Gasteiger partial charge in [0.1, 0.15) is 0 Å². The molecule has 1 aliphatic carbocycles. The number of aryl methyl sites for hydroxylation is 3. The summed E-state index contributed by atoms with van der Waals surface area (Å²) in [4.78, 5) is 13.8. The van der Waals surface area contributed by atoms with Gasteiger partial charge in [-0.25, -0.2) is 8.42 Å². The van der Waals surface area contributed by atoms with Gasteiger partial charge in [-0.3, -0.25) is 9.10 Å². The number of nitrogens with zero attached hydrogens (tertiary/aromatic N) is 1. The van der Waals surface area contributed by atoms with Crippen LogP contribution in [0.4, 0.5) is 5.69 Å². The number of sulfonamides is 1. The number of hydrogen-bond donors (Lipinski definition) is 1. The topological polar surface area (TPSA) is 66.5 Å². The second-order valence-electron chi connectivity index (χ2n) is 9.90. The molecule has 1 aliphatic rings. The highest BCUT2D eigenvalue weighted by Crippen LogP contribution is 2.30. The molecule has 0 heterocycles. The number of nitrogens with one attached hydrogen (secondary N) is 1. The highest BCUT2D eigenvalue weighted by molar-refractivity contribution is 7.92. The first-order valence-electron chi connectivity index (χ1n) is 13.0. The molecule has 0 fully saturated rings. The van der Waals surface area contributed by atoms with E-state index in [0.29, 0.717) is 11.3 Å². The fourth-order valence-corrected chi connectivity index (χ4v) is 6.46. The third-order valence-electron chi connectivity index (χ3n) is 7.17. The minimum Gasteiger partial charge on any atom is -0.345 e. The van der Waals surface area contributed by atoms with Crippen molar-refractivity contribution in [3.63, 3.8) is 0 Å². The summed E-state index contributed by atoms with van der Waals surface area (Å²) in [7, 11) is -3.96. The molecule has 0 bridgehead atoms. The quantitative estimate of drug-likeness (QED) is 0.291. The SMILES string of the molecule is Cc1ccc(S(=O)(=O)N(Cc2ccccc2)c2ccccc2C(=O)N[C@@H](C)c2ccc3c(c2)CCC3)cc1. The summed E-state index contributed by atoms with van der Waals surface area (Å²) in [6.07, 6.45) is 3.34. The van der Waals surface area contributed by atoms with E-state index in [0.717, 1.165) is 29.5 Å². The summed E-state index contributed by atoms with van der Waals surface area (Å²) >= 11 is 0. The fraction of sp³-hybridized carbons (Fsp3) is 0.219. The van der Waals surface area contributed by atoms with Crippen LogP contribution in [0.15, 0.2) is 102 Å². The summed E-state index contributed by atoms with van der Waals surface area (Å²) in [6, 6.07) is 29.3. The van der Waals surface area contributed by atoms with Gasteiger partial charge in [0.15, 0.2) is 0 Å². The standard InChI is InChI=1S/C32H32N2O3S/c1-23-15-19-29(20-16-23)38(36,37)34(22-25-9-4-3-5-10-25)31-14-7-6-13-30(31)32(35)33-24(2)27-18-17-26-11-8-12-28(26)21-27/h3-7,9-10,13-21,24H,8,11-12,22H2,1-2H3,(H,33,35)/t24-/m0/s1. The molecule has 1 amide bonds. The lowest BCUT2D eigenvalue weighted by atomic mass is 10.0. The van der Waals surface area contributed by atoms with Gasteiger partial charge in [-0.15, -0.1) is 0 Å². The maximum atomic E-state index is 14.0. The molecule has 0 unspecified atom stereocenters. The van der Waals surface area contributed by atoms with E-state index in [4.69, 9.17) is 0 Å². The van der Waals surface area contributed by atoms with E-state index in [9.17, 15) is 13.2 Å². The van der Waals surface area contributed by atoms with Gasteiger partial charge in [-0.2, -0.15) is 0 Å². The summed E-state index contributed by atoms with van der Waals surface area (Å²) in [5.41, 5.74) is 6.23. The number of carbonyl (C=O) groups is 1. The molecule has 0 radical (unpaired) electrons. The number of fused-ring (bicyclic) bond motifs is 1. The van der Waals surface area contributed by atoms with E-state index < -0.39 is 10.0 Å². The van der Waals surface area contributed by atoms with Crippen LogP contribution in [0.1, 0.15) is 57.6 Å². The summed E-state index contributed by atoms with van der Waals surface area (Å²) < 4.78 is 29.3. The third-order valence-corrected chi connectivity index (χ3v) is 8.94. The molecular weight excluding hydrogens is 492 g/mol. The Morgan fingerprint density at radius 2 is 1.55 bits per heavy atom. The van der Waals surface area contributed by atoms with E-state index in [-0.39, 0.29) is 23.4 Å². The molecule has 0 aromatic heterocycles. The Labute approximate surface area is 225 Å². The Balaban J connectivity index is 1.50. The van der Waals surface area contributed by atoms with Gasteiger partial charge in [-0.05, 0) is 79.6 Å². The zero-order valence-corrected chi connectivity index (χ0v) is 22.5. The molecule has 5 nitrogen and oxygen atoms in total. The van der Waals surface area contributed by atoms with Crippen LogP contribution in [0.5, 0.6) is 0 Å². The van der Waals surface area contributed by atoms with E-state index in [1.165, 1.54) is 21.9 Å². The molecule has 0 saturated heterocycles. The van der Waals surface area contributed by atoms with E-state index in [1.807, 2.05) is 44.2 Å². The van der Waals surface area contributed by atoms with Gasteiger partial charge in [-0.1, -0.05) is 78.4 Å². The normalized spacial score (nSPS) is 13.5. The lowest BCUT2D eigenvalue weighted by Crippen LogP contribution is -2.34. The molecule has 0 saturated carbocycles. The van der Waals surface area contributed by atoms with Crippen molar-refractivity contribution < 1.29 is 13.2 Å². The van der Waals surface area contributed by atoms with Gasteiger partial charge < -0.3 is 5.32 Å². The Bertz CT molecular complexity index is 1550.